The molecule has 0 radical (unpaired) electrons. The van der Waals surface area contributed by atoms with Gasteiger partial charge in [-0.2, -0.15) is 13.2 Å². The third-order valence-electron chi connectivity index (χ3n) is 3.75. The van der Waals surface area contributed by atoms with Crippen LogP contribution >= 0.6 is 0 Å². The second-order valence-corrected chi connectivity index (χ2v) is 5.37. The molecule has 0 amide bonds. The third-order valence-corrected chi connectivity index (χ3v) is 3.75. The molecule has 8 heteroatoms. The maximum atomic E-state index is 12.3. The molecule has 3 heterocycles. The van der Waals surface area contributed by atoms with E-state index in [1.54, 1.807) is 18.5 Å². The number of piperazine rings is 1. The molecule has 2 aromatic heterocycles. The number of hydrogen-bond donors (Lipinski definition) is 0. The first-order valence-electron chi connectivity index (χ1n) is 7.28. The summed E-state index contributed by atoms with van der Waals surface area (Å²) in [6, 6.07) is 3.15. The van der Waals surface area contributed by atoms with Crippen LogP contribution in [0.25, 0.3) is 0 Å². The SMILES string of the molecule is FC(F)(F)Cc1ccc(N2CCN(c3cncnc3)CC2)cn1. The van der Waals surface area contributed by atoms with Crippen molar-refractivity contribution in [3.05, 3.63) is 42.7 Å². The van der Waals surface area contributed by atoms with Crippen molar-refractivity contribution in [3.8, 4) is 0 Å². The Kier molecular flexibility index (Phi) is 4.31. The quantitative estimate of drug-likeness (QED) is 0.867. The molecule has 23 heavy (non-hydrogen) atoms. The Morgan fingerprint density at radius 3 is 2.00 bits per heavy atom. The predicted molar refractivity (Wildman–Crippen MR) is 80.5 cm³/mol. The highest BCUT2D eigenvalue weighted by atomic mass is 19.4. The van der Waals surface area contributed by atoms with E-state index in [-0.39, 0.29) is 5.69 Å². The van der Waals surface area contributed by atoms with Crippen LogP contribution < -0.4 is 9.80 Å². The summed E-state index contributed by atoms with van der Waals surface area (Å²) < 4.78 is 37.0. The maximum absolute atomic E-state index is 12.3. The molecule has 0 spiro atoms. The van der Waals surface area contributed by atoms with E-state index in [0.29, 0.717) is 0 Å². The van der Waals surface area contributed by atoms with Crippen LogP contribution in [0.4, 0.5) is 24.5 Å². The highest BCUT2D eigenvalue weighted by Crippen LogP contribution is 2.22. The predicted octanol–water partition coefficient (Wildman–Crippen LogP) is 2.30. The van der Waals surface area contributed by atoms with E-state index in [2.05, 4.69) is 24.8 Å². The number of aromatic nitrogens is 3. The van der Waals surface area contributed by atoms with E-state index >= 15 is 0 Å². The molecule has 1 aliphatic heterocycles. The van der Waals surface area contributed by atoms with Crippen LogP contribution in [0.5, 0.6) is 0 Å². The lowest BCUT2D eigenvalue weighted by molar-refractivity contribution is -0.127. The second kappa shape index (κ2) is 6.39. The van der Waals surface area contributed by atoms with Crippen molar-refractivity contribution in [1.29, 1.82) is 0 Å². The van der Waals surface area contributed by atoms with Crippen molar-refractivity contribution in [2.75, 3.05) is 36.0 Å². The van der Waals surface area contributed by atoms with Gasteiger partial charge in [-0.15, -0.1) is 0 Å². The van der Waals surface area contributed by atoms with Gasteiger partial charge in [0.2, 0.25) is 0 Å². The van der Waals surface area contributed by atoms with Crippen molar-refractivity contribution >= 4 is 11.4 Å². The number of alkyl halides is 3. The van der Waals surface area contributed by atoms with Gasteiger partial charge >= 0.3 is 6.18 Å². The summed E-state index contributed by atoms with van der Waals surface area (Å²) in [6.45, 7) is 3.15. The Labute approximate surface area is 131 Å². The van der Waals surface area contributed by atoms with E-state index in [4.69, 9.17) is 0 Å². The number of pyridine rings is 1. The molecular formula is C15H16F3N5. The minimum atomic E-state index is -4.22. The summed E-state index contributed by atoms with van der Waals surface area (Å²) >= 11 is 0. The molecule has 122 valence electrons. The van der Waals surface area contributed by atoms with Gasteiger partial charge in [-0.25, -0.2) is 9.97 Å². The van der Waals surface area contributed by atoms with Gasteiger partial charge < -0.3 is 9.80 Å². The van der Waals surface area contributed by atoms with Gasteiger partial charge in [-0.1, -0.05) is 0 Å². The summed E-state index contributed by atoms with van der Waals surface area (Å²) in [4.78, 5) is 16.2. The number of anilines is 2. The van der Waals surface area contributed by atoms with Crippen LogP contribution in [-0.2, 0) is 6.42 Å². The van der Waals surface area contributed by atoms with Crippen LogP contribution in [0, 0.1) is 0 Å². The molecule has 5 nitrogen and oxygen atoms in total. The zero-order chi connectivity index (χ0) is 16.3. The van der Waals surface area contributed by atoms with E-state index in [9.17, 15) is 13.2 Å². The number of nitrogens with zero attached hydrogens (tertiary/aromatic N) is 5. The Morgan fingerprint density at radius 2 is 1.48 bits per heavy atom. The fourth-order valence-corrected chi connectivity index (χ4v) is 2.59. The van der Waals surface area contributed by atoms with Crippen LogP contribution in [0.15, 0.2) is 37.1 Å². The molecule has 0 aliphatic carbocycles. The molecule has 0 aromatic carbocycles. The fraction of sp³-hybridized carbons (Fsp3) is 0.400. The minimum Gasteiger partial charge on any atom is -0.367 e. The molecule has 0 atom stereocenters. The monoisotopic (exact) mass is 323 g/mol. The Bertz CT molecular complexity index is 622. The lowest BCUT2D eigenvalue weighted by Crippen LogP contribution is -2.46. The largest absolute Gasteiger partial charge is 0.394 e. The Hall–Kier alpha value is -2.38. The third kappa shape index (κ3) is 4.08. The standard InChI is InChI=1S/C15H16F3N5/c16-15(17,18)7-12-1-2-13(10-21-12)22-3-5-23(6-4-22)14-8-19-11-20-9-14/h1-2,8-11H,3-7H2. The van der Waals surface area contributed by atoms with Gasteiger partial charge in [-0.3, -0.25) is 4.98 Å². The lowest BCUT2D eigenvalue weighted by Gasteiger charge is -2.36. The smallest absolute Gasteiger partial charge is 0.367 e. The molecule has 0 bridgehead atoms. The van der Waals surface area contributed by atoms with Crippen molar-refractivity contribution in [1.82, 2.24) is 15.0 Å². The van der Waals surface area contributed by atoms with Crippen LogP contribution in [0.3, 0.4) is 0 Å². The molecule has 1 fully saturated rings. The maximum Gasteiger partial charge on any atom is 0.394 e. The number of halogens is 3. The van der Waals surface area contributed by atoms with Crippen molar-refractivity contribution < 1.29 is 13.2 Å². The summed E-state index contributed by atoms with van der Waals surface area (Å²) in [5.74, 6) is 0. The van der Waals surface area contributed by atoms with Crippen molar-refractivity contribution in [3.63, 3.8) is 0 Å². The highest BCUT2D eigenvalue weighted by Gasteiger charge is 2.28. The molecule has 2 aromatic rings. The highest BCUT2D eigenvalue weighted by molar-refractivity contribution is 5.49. The molecule has 3 rings (SSSR count). The first-order valence-corrected chi connectivity index (χ1v) is 7.28. The molecular weight excluding hydrogens is 307 g/mol. The number of hydrogen-bond acceptors (Lipinski definition) is 5. The lowest BCUT2D eigenvalue weighted by atomic mass is 10.2. The first-order chi connectivity index (χ1) is 11.0. The summed E-state index contributed by atoms with van der Waals surface area (Å²) in [7, 11) is 0. The topological polar surface area (TPSA) is 45.2 Å². The van der Waals surface area contributed by atoms with Crippen LogP contribution in [-0.4, -0.2) is 47.3 Å². The zero-order valence-corrected chi connectivity index (χ0v) is 12.4. The van der Waals surface area contributed by atoms with Crippen LogP contribution in [0.2, 0.25) is 0 Å². The fourth-order valence-electron chi connectivity index (χ4n) is 2.59. The van der Waals surface area contributed by atoms with E-state index in [0.717, 1.165) is 37.6 Å². The minimum absolute atomic E-state index is 0.0429. The van der Waals surface area contributed by atoms with Gasteiger partial charge in [0.05, 0.1) is 36.4 Å². The van der Waals surface area contributed by atoms with Crippen molar-refractivity contribution in [2.24, 2.45) is 0 Å². The van der Waals surface area contributed by atoms with Gasteiger partial charge in [0.15, 0.2) is 0 Å². The van der Waals surface area contributed by atoms with E-state index < -0.39 is 12.6 Å². The second-order valence-electron chi connectivity index (χ2n) is 5.37. The average molecular weight is 323 g/mol. The number of rotatable bonds is 3. The first kappa shape index (κ1) is 15.5. The Morgan fingerprint density at radius 1 is 0.870 bits per heavy atom. The van der Waals surface area contributed by atoms with Gasteiger partial charge in [0.25, 0.3) is 0 Å². The van der Waals surface area contributed by atoms with Gasteiger partial charge in [-0.05, 0) is 12.1 Å². The average Bonchev–Trinajstić information content (AvgIpc) is 2.55. The van der Waals surface area contributed by atoms with E-state index in [1.807, 2.05) is 0 Å². The summed E-state index contributed by atoms with van der Waals surface area (Å²) in [5.41, 5.74) is 1.87. The summed E-state index contributed by atoms with van der Waals surface area (Å²) in [6.07, 6.45) is 1.34. The summed E-state index contributed by atoms with van der Waals surface area (Å²) in [5, 5.41) is 0. The molecule has 0 unspecified atom stereocenters. The molecule has 0 saturated carbocycles. The Balaban J connectivity index is 1.59. The van der Waals surface area contributed by atoms with Crippen LogP contribution in [0.1, 0.15) is 5.69 Å². The molecule has 0 N–H and O–H groups in total. The van der Waals surface area contributed by atoms with Gasteiger partial charge in [0, 0.05) is 31.9 Å². The van der Waals surface area contributed by atoms with Gasteiger partial charge in [0.1, 0.15) is 6.33 Å². The normalized spacial score (nSPS) is 15.8. The molecule has 1 aliphatic rings. The molecule has 1 saturated heterocycles. The van der Waals surface area contributed by atoms with E-state index in [1.165, 1.54) is 18.6 Å². The zero-order valence-electron chi connectivity index (χ0n) is 12.4. The van der Waals surface area contributed by atoms with Crippen molar-refractivity contribution in [2.45, 2.75) is 12.6 Å².